The summed E-state index contributed by atoms with van der Waals surface area (Å²) in [6.07, 6.45) is 0.612. The highest BCUT2D eigenvalue weighted by atomic mass is 35.5. The monoisotopic (exact) mass is 476 g/mol. The number of piperazine rings is 1. The minimum atomic E-state index is -0.212. The second-order valence-electron chi connectivity index (χ2n) is 8.61. The van der Waals surface area contributed by atoms with Crippen LogP contribution < -0.4 is 4.90 Å². The average molecular weight is 477 g/mol. The minimum Gasteiger partial charge on any atom is -0.367 e. The number of hydrogen-bond donors (Lipinski definition) is 0. The van der Waals surface area contributed by atoms with Crippen LogP contribution in [0.25, 0.3) is 0 Å². The molecule has 3 aromatic rings. The second-order valence-corrected chi connectivity index (χ2v) is 9.02. The second kappa shape index (κ2) is 9.95. The van der Waals surface area contributed by atoms with Crippen molar-refractivity contribution in [1.29, 1.82) is 0 Å². The van der Waals surface area contributed by atoms with E-state index in [1.54, 1.807) is 17.1 Å². The van der Waals surface area contributed by atoms with Crippen molar-refractivity contribution in [2.24, 2.45) is 5.10 Å². The van der Waals surface area contributed by atoms with Gasteiger partial charge in [0.2, 0.25) is 0 Å². The quantitative estimate of drug-likeness (QED) is 0.521. The summed E-state index contributed by atoms with van der Waals surface area (Å²) in [4.78, 5) is 17.6. The molecule has 1 saturated heterocycles. The van der Waals surface area contributed by atoms with E-state index in [0.29, 0.717) is 43.3 Å². The first kappa shape index (κ1) is 22.6. The average Bonchev–Trinajstić information content (AvgIpc) is 3.31. The molecule has 1 atom stereocenters. The van der Waals surface area contributed by atoms with Gasteiger partial charge in [0.25, 0.3) is 5.91 Å². The molecule has 174 valence electrons. The summed E-state index contributed by atoms with van der Waals surface area (Å²) < 4.78 is 14.2. The molecule has 0 unspecified atom stereocenters. The number of amides is 1. The van der Waals surface area contributed by atoms with Crippen LogP contribution >= 0.6 is 11.6 Å². The number of carbonyl (C=O) groups is 1. The molecule has 7 heteroatoms. The molecule has 0 radical (unpaired) electrons. The number of carbonyl (C=O) groups excluding carboxylic acids is 1. The fourth-order valence-corrected chi connectivity index (χ4v) is 4.90. The number of benzene rings is 3. The lowest BCUT2D eigenvalue weighted by atomic mass is 9.98. The lowest BCUT2D eigenvalue weighted by Gasteiger charge is -2.36. The fraction of sp³-hybridized carbons (Fsp3) is 0.259. The van der Waals surface area contributed by atoms with Crippen LogP contribution in [0.1, 0.15) is 23.6 Å². The third kappa shape index (κ3) is 4.69. The number of rotatable bonds is 5. The Labute approximate surface area is 204 Å². The first-order chi connectivity index (χ1) is 16.6. The molecule has 0 saturated carbocycles. The zero-order valence-corrected chi connectivity index (χ0v) is 19.5. The minimum absolute atomic E-state index is 0.0461. The normalized spacial score (nSPS) is 18.8. The molecule has 2 aliphatic heterocycles. The molecule has 2 aliphatic rings. The van der Waals surface area contributed by atoms with Gasteiger partial charge in [-0.25, -0.2) is 9.40 Å². The molecule has 3 aromatic carbocycles. The van der Waals surface area contributed by atoms with Crippen molar-refractivity contribution in [2.45, 2.75) is 12.5 Å². The lowest BCUT2D eigenvalue weighted by molar-refractivity contribution is -0.134. The highest BCUT2D eigenvalue weighted by Gasteiger charge is 2.34. The Balaban J connectivity index is 1.31. The molecular weight excluding hydrogens is 451 g/mol. The van der Waals surface area contributed by atoms with Gasteiger partial charge in [-0.3, -0.25) is 9.69 Å². The third-order valence-corrected chi connectivity index (χ3v) is 6.79. The van der Waals surface area contributed by atoms with E-state index in [2.05, 4.69) is 4.90 Å². The van der Waals surface area contributed by atoms with Crippen molar-refractivity contribution in [3.8, 4) is 0 Å². The van der Waals surface area contributed by atoms with Gasteiger partial charge in [-0.1, -0.05) is 72.3 Å². The van der Waals surface area contributed by atoms with Crippen molar-refractivity contribution in [1.82, 2.24) is 9.91 Å². The van der Waals surface area contributed by atoms with Crippen LogP contribution in [0.4, 0.5) is 10.1 Å². The van der Waals surface area contributed by atoms with Crippen molar-refractivity contribution >= 4 is 28.9 Å². The lowest BCUT2D eigenvalue weighted by Crippen LogP contribution is -2.49. The Kier molecular flexibility index (Phi) is 6.61. The van der Waals surface area contributed by atoms with Crippen LogP contribution in [0, 0.1) is 5.82 Å². The van der Waals surface area contributed by atoms with Crippen LogP contribution in [-0.2, 0) is 4.79 Å². The topological polar surface area (TPSA) is 39.2 Å². The van der Waals surface area contributed by atoms with Crippen molar-refractivity contribution in [3.05, 3.63) is 101 Å². The van der Waals surface area contributed by atoms with Gasteiger partial charge < -0.3 is 4.90 Å². The van der Waals surface area contributed by atoms with Crippen LogP contribution in [0.3, 0.4) is 0 Å². The smallest absolute Gasteiger partial charge is 0.257 e. The standard InChI is InChI=1S/C27H26ClFN4O/c28-22-11-5-4-10-21(22)24-18-26(20-8-2-1-3-9-20)33(30-24)27(34)19-31-14-16-32(17-15-31)25-13-7-6-12-23(25)29/h1-13,26H,14-19H2/t26-/m1/s1. The van der Waals surface area contributed by atoms with Gasteiger partial charge in [-0.15, -0.1) is 0 Å². The Morgan fingerprint density at radius 3 is 2.32 bits per heavy atom. The zero-order chi connectivity index (χ0) is 23.5. The Hall–Kier alpha value is -3.22. The number of para-hydroxylation sites is 1. The number of hydrogen-bond acceptors (Lipinski definition) is 4. The van der Waals surface area contributed by atoms with Crippen LogP contribution in [0.15, 0.2) is 84.0 Å². The Morgan fingerprint density at radius 1 is 0.912 bits per heavy atom. The summed E-state index contributed by atoms with van der Waals surface area (Å²) in [7, 11) is 0. The molecule has 0 bridgehead atoms. The largest absolute Gasteiger partial charge is 0.367 e. The molecule has 34 heavy (non-hydrogen) atoms. The van der Waals surface area contributed by atoms with Gasteiger partial charge in [0.15, 0.2) is 0 Å². The van der Waals surface area contributed by atoms with E-state index in [9.17, 15) is 9.18 Å². The zero-order valence-electron chi connectivity index (χ0n) is 18.8. The van der Waals surface area contributed by atoms with E-state index in [1.165, 1.54) is 6.07 Å². The maximum Gasteiger partial charge on any atom is 0.257 e. The molecule has 5 nitrogen and oxygen atoms in total. The molecule has 1 fully saturated rings. The third-order valence-electron chi connectivity index (χ3n) is 6.46. The molecule has 0 aliphatic carbocycles. The van der Waals surface area contributed by atoms with Gasteiger partial charge in [-0.05, 0) is 23.8 Å². The molecule has 0 N–H and O–H groups in total. The Bertz CT molecular complexity index is 1190. The molecule has 0 aromatic heterocycles. The SMILES string of the molecule is O=C(CN1CCN(c2ccccc2F)CC1)N1N=C(c2ccccc2Cl)C[C@@H]1c1ccccc1. The molecule has 2 heterocycles. The first-order valence-electron chi connectivity index (χ1n) is 11.5. The number of nitrogens with zero attached hydrogens (tertiary/aromatic N) is 4. The van der Waals surface area contributed by atoms with E-state index in [4.69, 9.17) is 16.7 Å². The molecular formula is C27H26ClFN4O. The van der Waals surface area contributed by atoms with Gasteiger partial charge in [0.1, 0.15) is 5.82 Å². The summed E-state index contributed by atoms with van der Waals surface area (Å²) in [6, 6.07) is 24.3. The van der Waals surface area contributed by atoms with E-state index < -0.39 is 0 Å². The van der Waals surface area contributed by atoms with Gasteiger partial charge in [0, 0.05) is 43.2 Å². The predicted molar refractivity (Wildman–Crippen MR) is 134 cm³/mol. The van der Waals surface area contributed by atoms with Gasteiger partial charge in [-0.2, -0.15) is 5.10 Å². The fourth-order valence-electron chi connectivity index (χ4n) is 4.65. The van der Waals surface area contributed by atoms with Crippen molar-refractivity contribution in [2.75, 3.05) is 37.6 Å². The van der Waals surface area contributed by atoms with Crippen molar-refractivity contribution in [3.63, 3.8) is 0 Å². The summed E-state index contributed by atoms with van der Waals surface area (Å²) in [5.41, 5.74) is 3.34. The summed E-state index contributed by atoms with van der Waals surface area (Å²) in [5.74, 6) is -0.258. The maximum absolute atomic E-state index is 14.2. The van der Waals surface area contributed by atoms with E-state index in [-0.39, 0.29) is 24.3 Å². The highest BCUT2D eigenvalue weighted by molar-refractivity contribution is 6.34. The molecule has 5 rings (SSSR count). The summed E-state index contributed by atoms with van der Waals surface area (Å²) in [6.45, 7) is 2.98. The molecule has 0 spiro atoms. The van der Waals surface area contributed by atoms with E-state index in [0.717, 1.165) is 16.8 Å². The van der Waals surface area contributed by atoms with Crippen LogP contribution in [-0.4, -0.2) is 54.3 Å². The summed E-state index contributed by atoms with van der Waals surface area (Å²) in [5, 5.41) is 7.00. The van der Waals surface area contributed by atoms with Crippen LogP contribution in [0.2, 0.25) is 5.02 Å². The Morgan fingerprint density at radius 2 is 1.59 bits per heavy atom. The van der Waals surface area contributed by atoms with Crippen LogP contribution in [0.5, 0.6) is 0 Å². The number of hydrazone groups is 1. The van der Waals surface area contributed by atoms with Gasteiger partial charge in [0.05, 0.1) is 24.0 Å². The number of anilines is 1. The highest BCUT2D eigenvalue weighted by Crippen LogP contribution is 2.34. The predicted octanol–water partition coefficient (Wildman–Crippen LogP) is 4.98. The maximum atomic E-state index is 14.2. The van der Waals surface area contributed by atoms with E-state index >= 15 is 0 Å². The number of halogens is 2. The van der Waals surface area contributed by atoms with E-state index in [1.807, 2.05) is 65.6 Å². The van der Waals surface area contributed by atoms with Gasteiger partial charge >= 0.3 is 0 Å². The van der Waals surface area contributed by atoms with Crippen molar-refractivity contribution < 1.29 is 9.18 Å². The first-order valence-corrected chi connectivity index (χ1v) is 11.9. The molecule has 1 amide bonds. The summed E-state index contributed by atoms with van der Waals surface area (Å²) >= 11 is 6.43.